The standard InChI is InChI=1S/C15H15N3O4S/c1-20-15(4-6-21-9-15)14-17-16-11(22-14)8-18-5-2-10-3-7-23-12(10)13(18)19/h2-3,5,7H,4,6,8-9H2,1H3. The van der Waals surface area contributed by atoms with Gasteiger partial charge in [0.1, 0.15) is 6.54 Å². The van der Waals surface area contributed by atoms with Crippen LogP contribution in [0.1, 0.15) is 18.2 Å². The first-order valence-electron chi connectivity index (χ1n) is 7.24. The van der Waals surface area contributed by atoms with Crippen LogP contribution in [0.3, 0.4) is 0 Å². The lowest BCUT2D eigenvalue weighted by molar-refractivity contribution is -0.0417. The zero-order valence-corrected chi connectivity index (χ0v) is 13.3. The van der Waals surface area contributed by atoms with Crippen molar-refractivity contribution in [3.05, 3.63) is 45.8 Å². The molecule has 1 aliphatic heterocycles. The summed E-state index contributed by atoms with van der Waals surface area (Å²) in [4.78, 5) is 12.4. The fourth-order valence-electron chi connectivity index (χ4n) is 2.73. The van der Waals surface area contributed by atoms with Gasteiger partial charge in [0.25, 0.3) is 11.4 Å². The van der Waals surface area contributed by atoms with Gasteiger partial charge in [0, 0.05) is 19.7 Å². The third-order valence-electron chi connectivity index (χ3n) is 4.12. The molecule has 1 atom stereocenters. The lowest BCUT2D eigenvalue weighted by Gasteiger charge is -2.20. The van der Waals surface area contributed by atoms with Crippen molar-refractivity contribution in [2.45, 2.75) is 18.6 Å². The quantitative estimate of drug-likeness (QED) is 0.724. The van der Waals surface area contributed by atoms with Crippen molar-refractivity contribution in [3.8, 4) is 0 Å². The SMILES string of the molecule is COC1(c2nnc(Cn3ccc4ccsc4c3=O)o2)CCOC1. The summed E-state index contributed by atoms with van der Waals surface area (Å²) in [6.07, 6.45) is 2.41. The van der Waals surface area contributed by atoms with Crippen molar-refractivity contribution >= 4 is 21.4 Å². The van der Waals surface area contributed by atoms with Crippen LogP contribution in [-0.2, 0) is 21.6 Å². The Balaban J connectivity index is 1.64. The molecule has 0 saturated carbocycles. The molecule has 0 spiro atoms. The average Bonchev–Trinajstić information content (AvgIpc) is 3.30. The lowest BCUT2D eigenvalue weighted by Crippen LogP contribution is -2.29. The van der Waals surface area contributed by atoms with Crippen molar-refractivity contribution < 1.29 is 13.9 Å². The maximum atomic E-state index is 12.4. The molecule has 1 aliphatic rings. The molecule has 7 nitrogen and oxygen atoms in total. The summed E-state index contributed by atoms with van der Waals surface area (Å²) in [7, 11) is 1.60. The van der Waals surface area contributed by atoms with Gasteiger partial charge in [0.05, 0.1) is 17.9 Å². The van der Waals surface area contributed by atoms with Gasteiger partial charge in [-0.25, -0.2) is 0 Å². The zero-order chi connectivity index (χ0) is 15.9. The van der Waals surface area contributed by atoms with Gasteiger partial charge < -0.3 is 18.5 Å². The molecule has 4 heterocycles. The molecule has 3 aromatic rings. The Hall–Kier alpha value is -2.03. The van der Waals surface area contributed by atoms with E-state index < -0.39 is 5.60 Å². The molecule has 8 heteroatoms. The van der Waals surface area contributed by atoms with E-state index in [2.05, 4.69) is 10.2 Å². The molecule has 0 bridgehead atoms. The Morgan fingerprint density at radius 1 is 1.43 bits per heavy atom. The van der Waals surface area contributed by atoms with Crippen LogP contribution in [0.4, 0.5) is 0 Å². The van der Waals surface area contributed by atoms with Crippen LogP contribution < -0.4 is 5.56 Å². The van der Waals surface area contributed by atoms with Gasteiger partial charge in [0.2, 0.25) is 5.89 Å². The molecular weight excluding hydrogens is 318 g/mol. The van der Waals surface area contributed by atoms with Crippen LogP contribution in [0.25, 0.3) is 10.1 Å². The smallest absolute Gasteiger partial charge is 0.268 e. The molecule has 1 unspecified atom stereocenters. The minimum Gasteiger partial charge on any atom is -0.420 e. The first kappa shape index (κ1) is 14.6. The average molecular weight is 333 g/mol. The predicted molar refractivity (Wildman–Crippen MR) is 83.6 cm³/mol. The highest BCUT2D eigenvalue weighted by Crippen LogP contribution is 2.32. The molecule has 3 aromatic heterocycles. The number of fused-ring (bicyclic) bond motifs is 1. The first-order valence-corrected chi connectivity index (χ1v) is 8.12. The third-order valence-corrected chi connectivity index (χ3v) is 5.04. The highest BCUT2D eigenvalue weighted by molar-refractivity contribution is 7.17. The molecule has 0 N–H and O–H groups in total. The van der Waals surface area contributed by atoms with E-state index in [0.717, 1.165) is 10.1 Å². The summed E-state index contributed by atoms with van der Waals surface area (Å²) in [5.41, 5.74) is -0.726. The number of hydrogen-bond acceptors (Lipinski definition) is 7. The monoisotopic (exact) mass is 333 g/mol. The maximum absolute atomic E-state index is 12.4. The van der Waals surface area contributed by atoms with Crippen LogP contribution in [0.5, 0.6) is 0 Å². The fraction of sp³-hybridized carbons (Fsp3) is 0.400. The molecule has 0 radical (unpaired) electrons. The van der Waals surface area contributed by atoms with Gasteiger partial charge in [-0.2, -0.15) is 0 Å². The topological polar surface area (TPSA) is 79.4 Å². The molecule has 4 rings (SSSR count). The van der Waals surface area contributed by atoms with Crippen molar-refractivity contribution in [1.29, 1.82) is 0 Å². The minimum absolute atomic E-state index is 0.0529. The van der Waals surface area contributed by atoms with Crippen molar-refractivity contribution in [3.63, 3.8) is 0 Å². The van der Waals surface area contributed by atoms with E-state index in [9.17, 15) is 4.79 Å². The van der Waals surface area contributed by atoms with Crippen LogP contribution in [0, 0.1) is 0 Å². The molecule has 1 fully saturated rings. The Morgan fingerprint density at radius 3 is 3.13 bits per heavy atom. The third kappa shape index (κ3) is 2.39. The summed E-state index contributed by atoms with van der Waals surface area (Å²) < 4.78 is 18.9. The van der Waals surface area contributed by atoms with E-state index in [1.165, 1.54) is 11.3 Å². The number of methoxy groups -OCH3 is 1. The van der Waals surface area contributed by atoms with Crippen LogP contribution in [0.2, 0.25) is 0 Å². The van der Waals surface area contributed by atoms with E-state index in [1.807, 2.05) is 17.5 Å². The summed E-state index contributed by atoms with van der Waals surface area (Å²) in [5.74, 6) is 0.777. The lowest BCUT2D eigenvalue weighted by atomic mass is 10.0. The van der Waals surface area contributed by atoms with Crippen LogP contribution >= 0.6 is 11.3 Å². The number of hydrogen-bond donors (Lipinski definition) is 0. The Morgan fingerprint density at radius 2 is 2.35 bits per heavy atom. The van der Waals surface area contributed by atoms with E-state index in [1.54, 1.807) is 17.9 Å². The number of thiophene rings is 1. The molecule has 0 aliphatic carbocycles. The van der Waals surface area contributed by atoms with Gasteiger partial charge in [-0.05, 0) is 22.9 Å². The van der Waals surface area contributed by atoms with Gasteiger partial charge in [-0.15, -0.1) is 21.5 Å². The molecule has 0 aromatic carbocycles. The highest BCUT2D eigenvalue weighted by Gasteiger charge is 2.42. The summed E-state index contributed by atoms with van der Waals surface area (Å²) >= 11 is 1.43. The normalized spacial score (nSPS) is 21.3. The first-order chi connectivity index (χ1) is 11.2. The predicted octanol–water partition coefficient (Wildman–Crippen LogP) is 1.76. The van der Waals surface area contributed by atoms with Crippen LogP contribution in [0.15, 0.2) is 32.9 Å². The zero-order valence-electron chi connectivity index (χ0n) is 12.5. The molecular formula is C15H15N3O4S. The van der Waals surface area contributed by atoms with E-state index >= 15 is 0 Å². The Labute approximate surface area is 135 Å². The molecule has 0 amide bonds. The number of aromatic nitrogens is 3. The number of rotatable bonds is 4. The summed E-state index contributed by atoms with van der Waals surface area (Å²) in [6.45, 7) is 1.23. The van der Waals surface area contributed by atoms with Crippen LogP contribution in [-0.4, -0.2) is 35.1 Å². The second-order valence-corrected chi connectivity index (χ2v) is 6.37. The van der Waals surface area contributed by atoms with E-state index in [4.69, 9.17) is 13.9 Å². The number of ether oxygens (including phenoxy) is 2. The molecule has 1 saturated heterocycles. The second kappa shape index (κ2) is 5.55. The molecule has 23 heavy (non-hydrogen) atoms. The van der Waals surface area contributed by atoms with Gasteiger partial charge in [-0.3, -0.25) is 4.79 Å². The minimum atomic E-state index is -0.673. The van der Waals surface area contributed by atoms with Crippen molar-refractivity contribution in [2.24, 2.45) is 0 Å². The number of nitrogens with zero attached hydrogens (tertiary/aromatic N) is 3. The Bertz CT molecular complexity index is 891. The number of pyridine rings is 1. The summed E-state index contributed by atoms with van der Waals surface area (Å²) in [5, 5.41) is 11.0. The fourth-order valence-corrected chi connectivity index (χ4v) is 3.57. The van der Waals surface area contributed by atoms with E-state index in [-0.39, 0.29) is 12.1 Å². The van der Waals surface area contributed by atoms with Crippen molar-refractivity contribution in [1.82, 2.24) is 14.8 Å². The van der Waals surface area contributed by atoms with Crippen molar-refractivity contribution in [2.75, 3.05) is 20.3 Å². The highest BCUT2D eigenvalue weighted by atomic mass is 32.1. The molecule has 120 valence electrons. The largest absolute Gasteiger partial charge is 0.420 e. The maximum Gasteiger partial charge on any atom is 0.268 e. The summed E-state index contributed by atoms with van der Waals surface area (Å²) in [6, 6.07) is 3.84. The van der Waals surface area contributed by atoms with Gasteiger partial charge in [-0.1, -0.05) is 0 Å². The Kier molecular flexibility index (Phi) is 3.51. The van der Waals surface area contributed by atoms with E-state index in [0.29, 0.717) is 31.4 Å². The van der Waals surface area contributed by atoms with Gasteiger partial charge in [0.15, 0.2) is 5.60 Å². The second-order valence-electron chi connectivity index (χ2n) is 5.46. The van der Waals surface area contributed by atoms with Gasteiger partial charge >= 0.3 is 0 Å².